The number of aryl methyl sites for hydroxylation is 1. The maximum atomic E-state index is 13.6. The van der Waals surface area contributed by atoms with E-state index in [4.69, 9.17) is 5.11 Å². The number of halogens is 1. The molecule has 0 heterocycles. The van der Waals surface area contributed by atoms with Gasteiger partial charge in [0, 0.05) is 12.2 Å². The van der Waals surface area contributed by atoms with E-state index in [1.165, 1.54) is 17.7 Å². The Morgan fingerprint density at radius 1 is 1.25 bits per heavy atom. The van der Waals surface area contributed by atoms with Gasteiger partial charge in [0.1, 0.15) is 5.82 Å². The first kappa shape index (κ1) is 14.1. The molecule has 0 spiro atoms. The maximum Gasteiger partial charge on any atom is 0.338 e. The summed E-state index contributed by atoms with van der Waals surface area (Å²) in [6, 6.07) is 12.1. The molecule has 2 rings (SSSR count). The SMILES string of the molecule is CCc1ccccc1NCc1ccc(C(=O)O)c(F)c1. The quantitative estimate of drug-likeness (QED) is 0.873. The Kier molecular flexibility index (Phi) is 4.35. The number of para-hydroxylation sites is 1. The molecule has 0 atom stereocenters. The van der Waals surface area contributed by atoms with Crippen LogP contribution in [0.5, 0.6) is 0 Å². The average Bonchev–Trinajstić information content (AvgIpc) is 2.45. The summed E-state index contributed by atoms with van der Waals surface area (Å²) in [6.07, 6.45) is 0.912. The van der Waals surface area contributed by atoms with E-state index in [9.17, 15) is 9.18 Å². The number of rotatable bonds is 5. The molecule has 0 saturated heterocycles. The van der Waals surface area contributed by atoms with Crippen LogP contribution in [-0.2, 0) is 13.0 Å². The van der Waals surface area contributed by atoms with Crippen LogP contribution in [0, 0.1) is 5.82 Å². The van der Waals surface area contributed by atoms with Crippen LogP contribution in [0.2, 0.25) is 0 Å². The topological polar surface area (TPSA) is 49.3 Å². The van der Waals surface area contributed by atoms with E-state index in [0.717, 1.165) is 12.1 Å². The van der Waals surface area contributed by atoms with Gasteiger partial charge in [-0.25, -0.2) is 9.18 Å². The summed E-state index contributed by atoms with van der Waals surface area (Å²) in [5.41, 5.74) is 2.61. The highest BCUT2D eigenvalue weighted by Gasteiger charge is 2.10. The van der Waals surface area contributed by atoms with Crippen molar-refractivity contribution in [3.63, 3.8) is 0 Å². The van der Waals surface area contributed by atoms with E-state index in [-0.39, 0.29) is 5.56 Å². The van der Waals surface area contributed by atoms with Gasteiger partial charge in [0.05, 0.1) is 5.56 Å². The van der Waals surface area contributed by atoms with Gasteiger partial charge >= 0.3 is 5.97 Å². The van der Waals surface area contributed by atoms with E-state index in [1.807, 2.05) is 24.3 Å². The van der Waals surface area contributed by atoms with Gasteiger partial charge in [-0.1, -0.05) is 31.2 Å². The molecule has 3 nitrogen and oxygen atoms in total. The van der Waals surface area contributed by atoms with Gasteiger partial charge in [-0.3, -0.25) is 0 Å². The first-order valence-electron chi connectivity index (χ1n) is 6.45. The lowest BCUT2D eigenvalue weighted by molar-refractivity contribution is 0.0692. The predicted molar refractivity (Wildman–Crippen MR) is 76.5 cm³/mol. The van der Waals surface area contributed by atoms with E-state index >= 15 is 0 Å². The van der Waals surface area contributed by atoms with Crippen molar-refractivity contribution in [1.29, 1.82) is 0 Å². The maximum absolute atomic E-state index is 13.6. The Hall–Kier alpha value is -2.36. The van der Waals surface area contributed by atoms with Crippen molar-refractivity contribution in [2.24, 2.45) is 0 Å². The molecule has 104 valence electrons. The third kappa shape index (κ3) is 3.15. The standard InChI is InChI=1S/C16H16FNO2/c1-2-12-5-3-4-6-15(12)18-10-11-7-8-13(16(19)20)14(17)9-11/h3-9,18H,2,10H2,1H3,(H,19,20). The average molecular weight is 273 g/mol. The highest BCUT2D eigenvalue weighted by Crippen LogP contribution is 2.17. The zero-order valence-corrected chi connectivity index (χ0v) is 11.2. The van der Waals surface area contributed by atoms with E-state index in [0.29, 0.717) is 12.1 Å². The summed E-state index contributed by atoms with van der Waals surface area (Å²) >= 11 is 0. The molecule has 0 fully saturated rings. The van der Waals surface area contributed by atoms with Crippen molar-refractivity contribution in [1.82, 2.24) is 0 Å². The lowest BCUT2D eigenvalue weighted by Gasteiger charge is -2.11. The van der Waals surface area contributed by atoms with Crippen LogP contribution in [-0.4, -0.2) is 11.1 Å². The van der Waals surface area contributed by atoms with E-state index < -0.39 is 11.8 Å². The van der Waals surface area contributed by atoms with Crippen molar-refractivity contribution < 1.29 is 14.3 Å². The molecular formula is C16H16FNO2. The van der Waals surface area contributed by atoms with Crippen LogP contribution >= 0.6 is 0 Å². The fourth-order valence-corrected chi connectivity index (χ4v) is 2.04. The minimum absolute atomic E-state index is 0.303. The number of carboxylic acid groups (broad SMARTS) is 1. The Morgan fingerprint density at radius 2 is 2.00 bits per heavy atom. The second-order valence-corrected chi connectivity index (χ2v) is 4.48. The molecule has 2 aromatic carbocycles. The van der Waals surface area contributed by atoms with Crippen LogP contribution in [0.1, 0.15) is 28.4 Å². The van der Waals surface area contributed by atoms with Crippen molar-refractivity contribution in [3.8, 4) is 0 Å². The van der Waals surface area contributed by atoms with Gasteiger partial charge in [0.2, 0.25) is 0 Å². The summed E-state index contributed by atoms with van der Waals surface area (Å²) in [5.74, 6) is -1.96. The lowest BCUT2D eigenvalue weighted by Crippen LogP contribution is -2.05. The molecule has 0 amide bonds. The van der Waals surface area contributed by atoms with Crippen LogP contribution in [0.4, 0.5) is 10.1 Å². The number of carboxylic acids is 1. The fourth-order valence-electron chi connectivity index (χ4n) is 2.04. The monoisotopic (exact) mass is 273 g/mol. The van der Waals surface area contributed by atoms with Gasteiger partial charge in [-0.15, -0.1) is 0 Å². The van der Waals surface area contributed by atoms with Crippen molar-refractivity contribution in [3.05, 3.63) is 65.0 Å². The number of anilines is 1. The van der Waals surface area contributed by atoms with E-state index in [1.54, 1.807) is 6.07 Å². The van der Waals surface area contributed by atoms with Crippen LogP contribution < -0.4 is 5.32 Å². The predicted octanol–water partition coefficient (Wildman–Crippen LogP) is 3.70. The molecule has 0 aliphatic heterocycles. The number of aromatic carboxylic acids is 1. The zero-order chi connectivity index (χ0) is 14.5. The number of carbonyl (C=O) groups is 1. The molecule has 2 N–H and O–H groups in total. The molecule has 4 heteroatoms. The van der Waals surface area contributed by atoms with Gasteiger partial charge in [0.25, 0.3) is 0 Å². The summed E-state index contributed by atoms with van der Waals surface area (Å²) in [5, 5.41) is 12.0. The molecule has 2 aromatic rings. The van der Waals surface area contributed by atoms with Gasteiger partial charge in [-0.2, -0.15) is 0 Å². The molecule has 0 aromatic heterocycles. The van der Waals surface area contributed by atoms with Crippen molar-refractivity contribution in [2.75, 3.05) is 5.32 Å². The Bertz CT molecular complexity index is 626. The third-order valence-electron chi connectivity index (χ3n) is 3.15. The molecule has 0 unspecified atom stereocenters. The first-order valence-corrected chi connectivity index (χ1v) is 6.45. The second-order valence-electron chi connectivity index (χ2n) is 4.48. The molecule has 0 aliphatic rings. The largest absolute Gasteiger partial charge is 0.478 e. The number of nitrogens with one attached hydrogen (secondary N) is 1. The van der Waals surface area contributed by atoms with Crippen LogP contribution in [0.15, 0.2) is 42.5 Å². The molecular weight excluding hydrogens is 257 g/mol. The van der Waals surface area contributed by atoms with Gasteiger partial charge in [0.15, 0.2) is 0 Å². The lowest BCUT2D eigenvalue weighted by atomic mass is 10.1. The van der Waals surface area contributed by atoms with Crippen LogP contribution in [0.25, 0.3) is 0 Å². The fraction of sp³-hybridized carbons (Fsp3) is 0.188. The minimum Gasteiger partial charge on any atom is -0.478 e. The Labute approximate surface area is 117 Å². The minimum atomic E-state index is -1.25. The van der Waals surface area contributed by atoms with Crippen molar-refractivity contribution in [2.45, 2.75) is 19.9 Å². The summed E-state index contributed by atoms with van der Waals surface area (Å²) in [7, 11) is 0. The molecule has 0 bridgehead atoms. The summed E-state index contributed by atoms with van der Waals surface area (Å²) in [6.45, 7) is 2.52. The van der Waals surface area contributed by atoms with Gasteiger partial charge < -0.3 is 10.4 Å². The Morgan fingerprint density at radius 3 is 2.65 bits per heavy atom. The van der Waals surface area contributed by atoms with Crippen LogP contribution in [0.3, 0.4) is 0 Å². The highest BCUT2D eigenvalue weighted by atomic mass is 19.1. The van der Waals surface area contributed by atoms with Gasteiger partial charge in [-0.05, 0) is 35.7 Å². The molecule has 0 radical (unpaired) electrons. The normalized spacial score (nSPS) is 10.3. The number of hydrogen-bond donors (Lipinski definition) is 2. The molecule has 0 saturated carbocycles. The molecule has 20 heavy (non-hydrogen) atoms. The zero-order valence-electron chi connectivity index (χ0n) is 11.2. The highest BCUT2D eigenvalue weighted by molar-refractivity contribution is 5.87. The first-order chi connectivity index (χ1) is 9.61. The summed E-state index contributed by atoms with van der Waals surface area (Å²) < 4.78 is 13.6. The summed E-state index contributed by atoms with van der Waals surface area (Å²) in [4.78, 5) is 10.7. The second kappa shape index (κ2) is 6.19. The van der Waals surface area contributed by atoms with E-state index in [2.05, 4.69) is 12.2 Å². The Balaban J connectivity index is 2.11. The smallest absolute Gasteiger partial charge is 0.338 e. The van der Waals surface area contributed by atoms with Crippen molar-refractivity contribution >= 4 is 11.7 Å². The third-order valence-corrected chi connectivity index (χ3v) is 3.15. The molecule has 0 aliphatic carbocycles. The number of benzene rings is 2. The number of hydrogen-bond acceptors (Lipinski definition) is 2.